The summed E-state index contributed by atoms with van der Waals surface area (Å²) in [5.74, 6) is -0.624. The molecule has 1 atom stereocenters. The number of halogens is 1. The third-order valence-corrected chi connectivity index (χ3v) is 5.02. The Hall–Kier alpha value is -2.40. The number of benzene rings is 2. The predicted molar refractivity (Wildman–Crippen MR) is 101 cm³/mol. The van der Waals surface area contributed by atoms with Crippen LogP contribution in [0.5, 0.6) is 0 Å². The molecule has 3 rings (SSSR count). The monoisotopic (exact) mass is 414 g/mol. The molecule has 0 amide bonds. The predicted octanol–water partition coefficient (Wildman–Crippen LogP) is 5.20. The minimum atomic E-state index is -0.698. The molecule has 0 saturated carbocycles. The number of rotatable bonds is 3. The molecule has 0 fully saturated rings. The van der Waals surface area contributed by atoms with Crippen LogP contribution in [0.4, 0.5) is 0 Å². The fourth-order valence-corrected chi connectivity index (χ4v) is 3.36. The summed E-state index contributed by atoms with van der Waals surface area (Å²) in [5, 5.41) is 0. The zero-order valence-corrected chi connectivity index (χ0v) is 16.4. The summed E-state index contributed by atoms with van der Waals surface area (Å²) in [5.41, 5.74) is 0.888. The second-order valence-electron chi connectivity index (χ2n) is 6.77. The number of hydrogen-bond donors (Lipinski definition) is 0. The molecule has 0 aromatic heterocycles. The van der Waals surface area contributed by atoms with Gasteiger partial charge in [-0.05, 0) is 50.6 Å². The Morgan fingerprint density at radius 2 is 1.69 bits per heavy atom. The molecule has 0 aliphatic carbocycles. The average molecular weight is 415 g/mol. The van der Waals surface area contributed by atoms with Crippen LogP contribution in [0.25, 0.3) is 0 Å². The molecule has 5 heteroatoms. The summed E-state index contributed by atoms with van der Waals surface area (Å²) < 4.78 is 12.3. The topological polar surface area (TPSA) is 52.6 Å². The van der Waals surface area contributed by atoms with E-state index in [0.29, 0.717) is 16.9 Å². The van der Waals surface area contributed by atoms with E-state index in [4.69, 9.17) is 9.47 Å². The van der Waals surface area contributed by atoms with Gasteiger partial charge in [0.25, 0.3) is 0 Å². The van der Waals surface area contributed by atoms with Crippen molar-refractivity contribution in [2.24, 2.45) is 5.41 Å². The van der Waals surface area contributed by atoms with Crippen LogP contribution >= 0.6 is 15.9 Å². The summed E-state index contributed by atoms with van der Waals surface area (Å²) in [7, 11) is 0. The standard InChI is InChI=1S/C21H19BrO4/c1-13-17(25-20(24)15-7-5-4-6-8-15)21(2,3)18(26-19(13)23)14-9-11-16(22)12-10-14/h4-12,18H,1-3H3/t18-/m0/s1. The van der Waals surface area contributed by atoms with Gasteiger partial charge in [0, 0.05) is 4.47 Å². The first-order valence-electron chi connectivity index (χ1n) is 8.25. The van der Waals surface area contributed by atoms with Gasteiger partial charge in [-0.2, -0.15) is 0 Å². The molecule has 0 radical (unpaired) electrons. The van der Waals surface area contributed by atoms with Gasteiger partial charge < -0.3 is 9.47 Å². The SMILES string of the molecule is CC1=C(OC(=O)c2ccccc2)C(C)(C)[C@H](c2ccc(Br)cc2)OC1=O. The summed E-state index contributed by atoms with van der Waals surface area (Å²) in [6.45, 7) is 5.43. The van der Waals surface area contributed by atoms with Crippen LogP contribution in [-0.4, -0.2) is 11.9 Å². The van der Waals surface area contributed by atoms with Gasteiger partial charge in [0.05, 0.1) is 16.6 Å². The molecular weight excluding hydrogens is 396 g/mol. The molecule has 2 aromatic carbocycles. The molecular formula is C21H19BrO4. The molecule has 1 heterocycles. The van der Waals surface area contributed by atoms with E-state index >= 15 is 0 Å². The Kier molecular flexibility index (Phi) is 5.01. The van der Waals surface area contributed by atoms with Gasteiger partial charge in [0.15, 0.2) is 0 Å². The van der Waals surface area contributed by atoms with Gasteiger partial charge >= 0.3 is 11.9 Å². The van der Waals surface area contributed by atoms with E-state index in [-0.39, 0.29) is 0 Å². The smallest absolute Gasteiger partial charge is 0.343 e. The Bertz CT molecular complexity index is 867. The van der Waals surface area contributed by atoms with Crippen LogP contribution in [0.15, 0.2) is 70.4 Å². The highest BCUT2D eigenvalue weighted by Crippen LogP contribution is 2.48. The molecule has 2 aromatic rings. The van der Waals surface area contributed by atoms with E-state index in [9.17, 15) is 9.59 Å². The molecule has 26 heavy (non-hydrogen) atoms. The maximum absolute atomic E-state index is 12.5. The summed E-state index contributed by atoms with van der Waals surface area (Å²) in [6.07, 6.45) is -0.551. The number of cyclic esters (lactones) is 1. The van der Waals surface area contributed by atoms with Gasteiger partial charge in [0.1, 0.15) is 11.9 Å². The minimum absolute atomic E-state index is 0.313. The van der Waals surface area contributed by atoms with Crippen LogP contribution in [-0.2, 0) is 14.3 Å². The van der Waals surface area contributed by atoms with E-state index in [1.54, 1.807) is 31.2 Å². The third kappa shape index (κ3) is 3.44. The van der Waals surface area contributed by atoms with E-state index < -0.39 is 23.5 Å². The van der Waals surface area contributed by atoms with Crippen molar-refractivity contribution in [3.05, 3.63) is 81.5 Å². The van der Waals surface area contributed by atoms with Gasteiger partial charge in [0.2, 0.25) is 0 Å². The normalized spacial score (nSPS) is 19.1. The highest BCUT2D eigenvalue weighted by molar-refractivity contribution is 9.10. The van der Waals surface area contributed by atoms with Crippen molar-refractivity contribution in [1.29, 1.82) is 0 Å². The third-order valence-electron chi connectivity index (χ3n) is 4.49. The quantitative estimate of drug-likeness (QED) is 0.647. The number of ether oxygens (including phenoxy) is 2. The van der Waals surface area contributed by atoms with Crippen LogP contribution in [0.1, 0.15) is 42.8 Å². The number of carbonyl (C=O) groups excluding carboxylic acids is 2. The second-order valence-corrected chi connectivity index (χ2v) is 7.68. The average Bonchev–Trinajstić information content (AvgIpc) is 2.63. The first kappa shape index (κ1) is 18.4. The lowest BCUT2D eigenvalue weighted by molar-refractivity contribution is -0.155. The van der Waals surface area contributed by atoms with Crippen LogP contribution in [0, 0.1) is 5.41 Å². The second kappa shape index (κ2) is 7.08. The highest BCUT2D eigenvalue weighted by atomic mass is 79.9. The highest BCUT2D eigenvalue weighted by Gasteiger charge is 2.46. The van der Waals surface area contributed by atoms with E-state index in [1.807, 2.05) is 44.2 Å². The maximum Gasteiger partial charge on any atom is 0.343 e. The number of esters is 2. The first-order chi connectivity index (χ1) is 12.3. The van der Waals surface area contributed by atoms with Gasteiger partial charge in [-0.1, -0.05) is 46.3 Å². The molecule has 0 N–H and O–H groups in total. The van der Waals surface area contributed by atoms with E-state index in [1.165, 1.54) is 0 Å². The van der Waals surface area contributed by atoms with E-state index in [0.717, 1.165) is 10.0 Å². The largest absolute Gasteiger partial charge is 0.453 e. The van der Waals surface area contributed by atoms with Crippen molar-refractivity contribution in [2.75, 3.05) is 0 Å². The summed E-state index contributed by atoms with van der Waals surface area (Å²) in [6, 6.07) is 16.3. The maximum atomic E-state index is 12.5. The molecule has 134 valence electrons. The fourth-order valence-electron chi connectivity index (χ4n) is 3.09. The molecule has 4 nitrogen and oxygen atoms in total. The van der Waals surface area contributed by atoms with Crippen molar-refractivity contribution in [2.45, 2.75) is 26.9 Å². The Labute approximate surface area is 160 Å². The van der Waals surface area contributed by atoms with Crippen LogP contribution in [0.3, 0.4) is 0 Å². The zero-order chi connectivity index (χ0) is 18.9. The van der Waals surface area contributed by atoms with Crippen molar-refractivity contribution >= 4 is 27.9 Å². The van der Waals surface area contributed by atoms with Crippen molar-refractivity contribution in [1.82, 2.24) is 0 Å². The summed E-state index contributed by atoms with van der Waals surface area (Å²) in [4.78, 5) is 24.9. The van der Waals surface area contributed by atoms with Crippen molar-refractivity contribution in [3.8, 4) is 0 Å². The number of carbonyl (C=O) groups is 2. The van der Waals surface area contributed by atoms with Gasteiger partial charge in [-0.3, -0.25) is 0 Å². The Balaban J connectivity index is 1.97. The minimum Gasteiger partial charge on any atom is -0.453 e. The number of hydrogen-bond acceptors (Lipinski definition) is 4. The first-order valence-corrected chi connectivity index (χ1v) is 9.05. The van der Waals surface area contributed by atoms with Gasteiger partial charge in [-0.15, -0.1) is 0 Å². The van der Waals surface area contributed by atoms with Gasteiger partial charge in [-0.25, -0.2) is 9.59 Å². The lowest BCUT2D eigenvalue weighted by atomic mass is 9.77. The Morgan fingerprint density at radius 3 is 2.31 bits per heavy atom. The molecule has 0 saturated heterocycles. The molecule has 0 unspecified atom stereocenters. The van der Waals surface area contributed by atoms with Crippen molar-refractivity contribution < 1.29 is 19.1 Å². The lowest BCUT2D eigenvalue weighted by Gasteiger charge is -2.39. The molecule has 1 aliphatic heterocycles. The molecule has 0 bridgehead atoms. The summed E-state index contributed by atoms with van der Waals surface area (Å²) >= 11 is 3.40. The fraction of sp³-hybridized carbons (Fsp3) is 0.238. The lowest BCUT2D eigenvalue weighted by Crippen LogP contribution is -2.37. The van der Waals surface area contributed by atoms with Crippen LogP contribution < -0.4 is 0 Å². The van der Waals surface area contributed by atoms with Crippen LogP contribution in [0.2, 0.25) is 0 Å². The Morgan fingerprint density at radius 1 is 1.08 bits per heavy atom. The van der Waals surface area contributed by atoms with Crippen molar-refractivity contribution in [3.63, 3.8) is 0 Å². The zero-order valence-electron chi connectivity index (χ0n) is 14.8. The van der Waals surface area contributed by atoms with E-state index in [2.05, 4.69) is 15.9 Å². The molecule has 0 spiro atoms. The molecule has 1 aliphatic rings.